The van der Waals surface area contributed by atoms with Crippen LogP contribution >= 0.6 is 0 Å². The monoisotopic (exact) mass is 182 g/mol. The van der Waals surface area contributed by atoms with Crippen LogP contribution in [0.4, 0.5) is 13.2 Å². The van der Waals surface area contributed by atoms with Gasteiger partial charge in [0.25, 0.3) is 0 Å². The Hall–Kier alpha value is -0.290. The van der Waals surface area contributed by atoms with Crippen LogP contribution in [0.3, 0.4) is 0 Å². The predicted molar refractivity (Wildman–Crippen MR) is 39.1 cm³/mol. The molecular formula is C7H13F3N2. The highest BCUT2D eigenvalue weighted by molar-refractivity contribution is 4.84. The number of nitrogens with two attached hydrogens (primary N) is 1. The molecule has 12 heavy (non-hydrogen) atoms. The maximum atomic E-state index is 12.2. The van der Waals surface area contributed by atoms with E-state index in [1.165, 1.54) is 0 Å². The van der Waals surface area contributed by atoms with Crippen molar-refractivity contribution in [1.82, 2.24) is 5.43 Å². The van der Waals surface area contributed by atoms with Gasteiger partial charge in [-0.1, -0.05) is 12.8 Å². The van der Waals surface area contributed by atoms with Gasteiger partial charge in [-0.05, 0) is 18.8 Å². The molecule has 1 rings (SSSR count). The third-order valence-corrected chi connectivity index (χ3v) is 2.40. The van der Waals surface area contributed by atoms with Crippen molar-refractivity contribution in [3.63, 3.8) is 0 Å². The summed E-state index contributed by atoms with van der Waals surface area (Å²) in [4.78, 5) is 0. The van der Waals surface area contributed by atoms with E-state index in [0.717, 1.165) is 12.8 Å². The van der Waals surface area contributed by atoms with E-state index in [2.05, 4.69) is 0 Å². The van der Waals surface area contributed by atoms with E-state index in [4.69, 9.17) is 5.84 Å². The van der Waals surface area contributed by atoms with Gasteiger partial charge in [0.2, 0.25) is 0 Å². The topological polar surface area (TPSA) is 38.0 Å². The standard InChI is InChI=1S/C7H13F3N2/c8-7(9,10)6(12-11)5-3-1-2-4-5/h5-6,12H,1-4,11H2. The minimum atomic E-state index is -4.20. The number of hydrogen-bond donors (Lipinski definition) is 2. The zero-order valence-corrected chi connectivity index (χ0v) is 6.69. The van der Waals surface area contributed by atoms with Gasteiger partial charge in [0.05, 0.1) is 0 Å². The lowest BCUT2D eigenvalue weighted by molar-refractivity contribution is -0.167. The highest BCUT2D eigenvalue weighted by atomic mass is 19.4. The summed E-state index contributed by atoms with van der Waals surface area (Å²) in [6, 6.07) is -1.51. The molecule has 0 aromatic carbocycles. The van der Waals surface area contributed by atoms with Crippen LogP contribution in [0.25, 0.3) is 0 Å². The summed E-state index contributed by atoms with van der Waals surface area (Å²) >= 11 is 0. The summed E-state index contributed by atoms with van der Waals surface area (Å²) in [7, 11) is 0. The number of rotatable bonds is 2. The van der Waals surface area contributed by atoms with Gasteiger partial charge < -0.3 is 0 Å². The molecule has 0 saturated heterocycles. The second-order valence-corrected chi connectivity index (χ2v) is 3.23. The molecule has 3 N–H and O–H groups in total. The molecule has 1 atom stereocenters. The number of hydrogen-bond acceptors (Lipinski definition) is 2. The molecule has 2 nitrogen and oxygen atoms in total. The smallest absolute Gasteiger partial charge is 0.271 e. The Kier molecular flexibility index (Phi) is 2.95. The van der Waals surface area contributed by atoms with Crippen LogP contribution in [0.1, 0.15) is 25.7 Å². The van der Waals surface area contributed by atoms with E-state index in [0.29, 0.717) is 12.8 Å². The molecule has 1 saturated carbocycles. The van der Waals surface area contributed by atoms with Crippen molar-refractivity contribution >= 4 is 0 Å². The first-order chi connectivity index (χ1) is 5.55. The van der Waals surface area contributed by atoms with Crippen molar-refractivity contribution in [3.05, 3.63) is 0 Å². The largest absolute Gasteiger partial charge is 0.405 e. The zero-order valence-electron chi connectivity index (χ0n) is 6.69. The average Bonchev–Trinajstić information content (AvgIpc) is 2.38. The summed E-state index contributed by atoms with van der Waals surface area (Å²) in [5.41, 5.74) is 1.86. The lowest BCUT2D eigenvalue weighted by atomic mass is 9.98. The van der Waals surface area contributed by atoms with Crippen molar-refractivity contribution in [2.75, 3.05) is 0 Å². The lowest BCUT2D eigenvalue weighted by Crippen LogP contribution is -2.50. The molecule has 1 fully saturated rings. The van der Waals surface area contributed by atoms with Gasteiger partial charge in [0.1, 0.15) is 6.04 Å². The van der Waals surface area contributed by atoms with E-state index in [9.17, 15) is 13.2 Å². The van der Waals surface area contributed by atoms with E-state index in [1.54, 1.807) is 0 Å². The summed E-state index contributed by atoms with van der Waals surface area (Å²) < 4.78 is 36.7. The molecule has 0 aliphatic heterocycles. The maximum absolute atomic E-state index is 12.2. The Bertz CT molecular complexity index is 140. The van der Waals surface area contributed by atoms with Gasteiger partial charge in [-0.25, -0.2) is 5.43 Å². The van der Waals surface area contributed by atoms with Crippen LogP contribution in [0, 0.1) is 5.92 Å². The van der Waals surface area contributed by atoms with Gasteiger partial charge in [0.15, 0.2) is 0 Å². The molecule has 1 aliphatic carbocycles. The highest BCUT2D eigenvalue weighted by Crippen LogP contribution is 2.35. The number of alkyl halides is 3. The van der Waals surface area contributed by atoms with Gasteiger partial charge >= 0.3 is 6.18 Å². The Morgan fingerprint density at radius 1 is 1.25 bits per heavy atom. The molecule has 0 radical (unpaired) electrons. The van der Waals surface area contributed by atoms with Gasteiger partial charge in [-0.3, -0.25) is 5.84 Å². The molecule has 0 aromatic heterocycles. The minimum absolute atomic E-state index is 0.324. The zero-order chi connectivity index (χ0) is 9.19. The number of hydrazine groups is 1. The Morgan fingerprint density at radius 3 is 2.08 bits per heavy atom. The van der Waals surface area contributed by atoms with Crippen LogP contribution in [-0.2, 0) is 0 Å². The van der Waals surface area contributed by atoms with Crippen molar-refractivity contribution in [2.24, 2.45) is 11.8 Å². The molecule has 5 heteroatoms. The van der Waals surface area contributed by atoms with Crippen LogP contribution in [0.2, 0.25) is 0 Å². The molecule has 0 heterocycles. The fraction of sp³-hybridized carbons (Fsp3) is 1.00. The molecule has 0 aromatic rings. The highest BCUT2D eigenvalue weighted by Gasteiger charge is 2.44. The van der Waals surface area contributed by atoms with Crippen molar-refractivity contribution in [1.29, 1.82) is 0 Å². The predicted octanol–water partition coefficient (Wildman–Crippen LogP) is 1.57. The van der Waals surface area contributed by atoms with Crippen LogP contribution < -0.4 is 11.3 Å². The SMILES string of the molecule is NNC(C1CCCC1)C(F)(F)F. The first kappa shape index (κ1) is 9.80. The minimum Gasteiger partial charge on any atom is -0.271 e. The van der Waals surface area contributed by atoms with Crippen LogP contribution in [0.15, 0.2) is 0 Å². The summed E-state index contributed by atoms with van der Waals surface area (Å²) in [6.07, 6.45) is -1.16. The molecule has 0 spiro atoms. The quantitative estimate of drug-likeness (QED) is 0.502. The Morgan fingerprint density at radius 2 is 1.75 bits per heavy atom. The normalized spacial score (nSPS) is 23.0. The fourth-order valence-electron chi connectivity index (χ4n) is 1.79. The first-order valence-electron chi connectivity index (χ1n) is 4.08. The molecule has 72 valence electrons. The lowest BCUT2D eigenvalue weighted by Gasteiger charge is -2.24. The Labute approximate surface area is 69.3 Å². The Balaban J connectivity index is 2.54. The average molecular weight is 182 g/mol. The molecule has 0 bridgehead atoms. The van der Waals surface area contributed by atoms with Gasteiger partial charge in [-0.2, -0.15) is 13.2 Å². The third kappa shape index (κ3) is 2.10. The van der Waals surface area contributed by atoms with Gasteiger partial charge in [0, 0.05) is 0 Å². The second kappa shape index (κ2) is 3.62. The molecule has 1 aliphatic rings. The summed E-state index contributed by atoms with van der Waals surface area (Å²) in [5, 5.41) is 0. The molecular weight excluding hydrogens is 169 g/mol. The van der Waals surface area contributed by atoms with Crippen molar-refractivity contribution < 1.29 is 13.2 Å². The van der Waals surface area contributed by atoms with Gasteiger partial charge in [-0.15, -0.1) is 0 Å². The van der Waals surface area contributed by atoms with Crippen LogP contribution in [0.5, 0.6) is 0 Å². The third-order valence-electron chi connectivity index (χ3n) is 2.40. The van der Waals surface area contributed by atoms with E-state index in [1.807, 2.05) is 5.43 Å². The van der Waals surface area contributed by atoms with Crippen LogP contribution in [-0.4, -0.2) is 12.2 Å². The number of nitrogens with one attached hydrogen (secondary N) is 1. The fourth-order valence-corrected chi connectivity index (χ4v) is 1.79. The first-order valence-corrected chi connectivity index (χ1v) is 4.08. The van der Waals surface area contributed by atoms with E-state index < -0.39 is 12.2 Å². The maximum Gasteiger partial charge on any atom is 0.405 e. The molecule has 0 amide bonds. The van der Waals surface area contributed by atoms with E-state index >= 15 is 0 Å². The second-order valence-electron chi connectivity index (χ2n) is 3.23. The van der Waals surface area contributed by atoms with E-state index in [-0.39, 0.29) is 5.92 Å². The molecule has 1 unspecified atom stereocenters. The summed E-state index contributed by atoms with van der Waals surface area (Å²) in [6.45, 7) is 0. The summed E-state index contributed by atoms with van der Waals surface area (Å²) in [5.74, 6) is 4.54. The number of halogens is 3. The van der Waals surface area contributed by atoms with Crippen molar-refractivity contribution in [2.45, 2.75) is 37.9 Å². The van der Waals surface area contributed by atoms with Crippen molar-refractivity contribution in [3.8, 4) is 0 Å².